The van der Waals surface area contributed by atoms with E-state index in [0.29, 0.717) is 23.7 Å². The number of hydrogen-bond donors (Lipinski definition) is 1. The van der Waals surface area contributed by atoms with Crippen LogP contribution in [0.25, 0.3) is 11.5 Å². The molecule has 1 aromatic heterocycles. The molecule has 0 spiro atoms. The summed E-state index contributed by atoms with van der Waals surface area (Å²) in [7, 11) is 3.57. The minimum Gasteiger partial charge on any atom is -0.507 e. The number of aromatic hydroxyl groups is 1. The van der Waals surface area contributed by atoms with E-state index in [1.165, 1.54) is 0 Å². The van der Waals surface area contributed by atoms with Crippen molar-refractivity contribution in [3.8, 4) is 23.0 Å². The van der Waals surface area contributed by atoms with Crippen LogP contribution >= 0.6 is 0 Å². The third-order valence-electron chi connectivity index (χ3n) is 3.39. The summed E-state index contributed by atoms with van der Waals surface area (Å²) in [4.78, 5) is 4.36. The van der Waals surface area contributed by atoms with E-state index in [0.717, 1.165) is 16.8 Å². The van der Waals surface area contributed by atoms with E-state index in [1.54, 1.807) is 13.2 Å². The lowest BCUT2D eigenvalue weighted by Crippen LogP contribution is -2.01. The fourth-order valence-corrected chi connectivity index (χ4v) is 2.28. The van der Waals surface area contributed by atoms with Crippen LogP contribution in [0, 0.1) is 0 Å². The first-order valence-electron chi connectivity index (χ1n) is 6.92. The van der Waals surface area contributed by atoms with Gasteiger partial charge in [-0.25, -0.2) is 0 Å². The molecule has 0 saturated carbocycles. The van der Waals surface area contributed by atoms with E-state index >= 15 is 0 Å². The third-order valence-corrected chi connectivity index (χ3v) is 3.39. The standard InChI is InChI=1S/C16H15BN2O3/c1-21-14-5-3-2-4-10(14)8-15-18-16(22-19-15)12-9-11(17)6-7-13(12)20/h2-7,9,20H,8,17H2,1H3. The highest BCUT2D eigenvalue weighted by Crippen LogP contribution is 2.27. The van der Waals surface area contributed by atoms with E-state index in [9.17, 15) is 5.11 Å². The highest BCUT2D eigenvalue weighted by atomic mass is 16.5. The van der Waals surface area contributed by atoms with Crippen molar-refractivity contribution in [2.75, 3.05) is 7.11 Å². The van der Waals surface area contributed by atoms with Gasteiger partial charge in [0.1, 0.15) is 19.3 Å². The molecule has 3 aromatic rings. The zero-order valence-electron chi connectivity index (χ0n) is 12.4. The van der Waals surface area contributed by atoms with Crippen LogP contribution < -0.4 is 10.2 Å². The van der Waals surface area contributed by atoms with Crippen molar-refractivity contribution in [3.05, 3.63) is 53.9 Å². The lowest BCUT2D eigenvalue weighted by Gasteiger charge is -2.05. The summed E-state index contributed by atoms with van der Waals surface area (Å²) >= 11 is 0. The summed E-state index contributed by atoms with van der Waals surface area (Å²) in [6.45, 7) is 0. The number of rotatable bonds is 4. The number of methoxy groups -OCH3 is 1. The highest BCUT2D eigenvalue weighted by Gasteiger charge is 2.14. The number of phenols is 1. The van der Waals surface area contributed by atoms with Crippen molar-refractivity contribution in [1.29, 1.82) is 0 Å². The van der Waals surface area contributed by atoms with Crippen molar-refractivity contribution in [1.82, 2.24) is 10.1 Å². The molecule has 3 rings (SSSR count). The molecule has 1 N–H and O–H groups in total. The average Bonchev–Trinajstić information content (AvgIpc) is 2.98. The molecule has 6 heteroatoms. The Morgan fingerprint density at radius 1 is 1.23 bits per heavy atom. The normalized spacial score (nSPS) is 10.6. The summed E-state index contributed by atoms with van der Waals surface area (Å²) in [5, 5.41) is 13.9. The number of para-hydroxylation sites is 1. The molecule has 0 amide bonds. The molecule has 0 atom stereocenters. The van der Waals surface area contributed by atoms with E-state index in [-0.39, 0.29) is 5.75 Å². The van der Waals surface area contributed by atoms with Crippen LogP contribution in [0.15, 0.2) is 47.0 Å². The van der Waals surface area contributed by atoms with E-state index in [2.05, 4.69) is 10.1 Å². The first kappa shape index (κ1) is 14.2. The number of aromatic nitrogens is 2. The van der Waals surface area contributed by atoms with Crippen LogP contribution in [-0.2, 0) is 6.42 Å². The molecule has 0 unspecified atom stereocenters. The lowest BCUT2D eigenvalue weighted by molar-refractivity contribution is 0.407. The largest absolute Gasteiger partial charge is 0.507 e. The van der Waals surface area contributed by atoms with Gasteiger partial charge in [0.05, 0.1) is 12.7 Å². The molecule has 2 aromatic carbocycles. The predicted molar refractivity (Wildman–Crippen MR) is 85.4 cm³/mol. The molecule has 0 bridgehead atoms. The number of phenolic OH excluding ortho intramolecular Hbond substituents is 1. The van der Waals surface area contributed by atoms with Crippen molar-refractivity contribution >= 4 is 13.3 Å². The lowest BCUT2D eigenvalue weighted by atomic mass is 9.94. The Morgan fingerprint density at radius 2 is 2.05 bits per heavy atom. The fourth-order valence-electron chi connectivity index (χ4n) is 2.28. The van der Waals surface area contributed by atoms with Gasteiger partial charge in [0, 0.05) is 12.0 Å². The molecule has 5 nitrogen and oxygen atoms in total. The third kappa shape index (κ3) is 2.81. The maximum atomic E-state index is 9.92. The predicted octanol–water partition coefficient (Wildman–Crippen LogP) is 1.30. The molecule has 110 valence electrons. The summed E-state index contributed by atoms with van der Waals surface area (Å²) < 4.78 is 10.6. The van der Waals surface area contributed by atoms with Gasteiger partial charge >= 0.3 is 0 Å². The van der Waals surface area contributed by atoms with E-state index in [4.69, 9.17) is 9.26 Å². The van der Waals surface area contributed by atoms with Crippen LogP contribution in [0.3, 0.4) is 0 Å². The summed E-state index contributed by atoms with van der Waals surface area (Å²) in [6, 6.07) is 13.0. The van der Waals surface area contributed by atoms with Crippen molar-refractivity contribution < 1.29 is 14.4 Å². The zero-order chi connectivity index (χ0) is 15.5. The minimum atomic E-state index is 0.123. The zero-order valence-corrected chi connectivity index (χ0v) is 12.4. The van der Waals surface area contributed by atoms with Crippen LogP contribution in [0.4, 0.5) is 0 Å². The second-order valence-electron chi connectivity index (χ2n) is 5.02. The van der Waals surface area contributed by atoms with Gasteiger partial charge in [0.25, 0.3) is 5.89 Å². The number of benzene rings is 2. The van der Waals surface area contributed by atoms with Gasteiger partial charge in [-0.15, -0.1) is 0 Å². The SMILES string of the molecule is Bc1ccc(O)c(-c2nc(Cc3ccccc3OC)no2)c1. The second-order valence-corrected chi connectivity index (χ2v) is 5.02. The smallest absolute Gasteiger partial charge is 0.261 e. The van der Waals surface area contributed by atoms with Crippen LogP contribution in [0.5, 0.6) is 11.5 Å². The second kappa shape index (κ2) is 5.93. The Hall–Kier alpha value is -2.76. The van der Waals surface area contributed by atoms with E-state index < -0.39 is 0 Å². The first-order valence-corrected chi connectivity index (χ1v) is 6.92. The minimum absolute atomic E-state index is 0.123. The van der Waals surface area contributed by atoms with Crippen LogP contribution in [0.1, 0.15) is 11.4 Å². The van der Waals surface area contributed by atoms with Gasteiger partial charge in [0.2, 0.25) is 0 Å². The Kier molecular flexibility index (Phi) is 3.83. The van der Waals surface area contributed by atoms with Gasteiger partial charge in [0.15, 0.2) is 5.82 Å². The van der Waals surface area contributed by atoms with Gasteiger partial charge in [-0.2, -0.15) is 4.98 Å². The number of hydrogen-bond acceptors (Lipinski definition) is 5. The molecule has 1 heterocycles. The van der Waals surface area contributed by atoms with Crippen molar-refractivity contribution in [2.45, 2.75) is 6.42 Å². The molecule has 0 saturated heterocycles. The van der Waals surface area contributed by atoms with Gasteiger partial charge in [-0.1, -0.05) is 41.0 Å². The Labute approximate surface area is 129 Å². The summed E-state index contributed by atoms with van der Waals surface area (Å²) in [6.07, 6.45) is 0.500. The summed E-state index contributed by atoms with van der Waals surface area (Å²) in [5.41, 5.74) is 2.53. The molecular formula is C16H15BN2O3. The monoisotopic (exact) mass is 294 g/mol. The molecule has 0 radical (unpaired) electrons. The Balaban J connectivity index is 1.89. The van der Waals surface area contributed by atoms with Gasteiger partial charge in [-0.05, 0) is 12.1 Å². The van der Waals surface area contributed by atoms with Crippen LogP contribution in [-0.4, -0.2) is 30.2 Å². The van der Waals surface area contributed by atoms with Crippen molar-refractivity contribution in [3.63, 3.8) is 0 Å². The molecule has 0 aliphatic heterocycles. The molecule has 0 fully saturated rings. The molecule has 0 aliphatic rings. The van der Waals surface area contributed by atoms with Crippen molar-refractivity contribution in [2.24, 2.45) is 0 Å². The maximum absolute atomic E-state index is 9.92. The molecular weight excluding hydrogens is 279 g/mol. The Morgan fingerprint density at radius 3 is 2.86 bits per heavy atom. The fraction of sp³-hybridized carbons (Fsp3) is 0.125. The first-order chi connectivity index (χ1) is 10.7. The van der Waals surface area contributed by atoms with E-state index in [1.807, 2.05) is 44.2 Å². The van der Waals surface area contributed by atoms with Gasteiger partial charge in [-0.3, -0.25) is 0 Å². The highest BCUT2D eigenvalue weighted by molar-refractivity contribution is 6.32. The van der Waals surface area contributed by atoms with Crippen LogP contribution in [0.2, 0.25) is 0 Å². The molecule has 0 aliphatic carbocycles. The quantitative estimate of drug-likeness (QED) is 0.735. The average molecular weight is 294 g/mol. The summed E-state index contributed by atoms with van der Waals surface area (Å²) in [5.74, 6) is 1.76. The topological polar surface area (TPSA) is 68.4 Å². The maximum Gasteiger partial charge on any atom is 0.261 e. The number of nitrogens with zero attached hydrogens (tertiary/aromatic N) is 2. The molecule has 22 heavy (non-hydrogen) atoms. The van der Waals surface area contributed by atoms with Gasteiger partial charge < -0.3 is 14.4 Å². The number of ether oxygens (including phenoxy) is 1. The Bertz CT molecular complexity index is 802.